The molecule has 0 aliphatic rings. The van der Waals surface area contributed by atoms with Gasteiger partial charge in [0.1, 0.15) is 0 Å². The lowest BCUT2D eigenvalue weighted by Gasteiger charge is -2.26. The highest BCUT2D eigenvalue weighted by atomic mass is 16.5. The molecule has 3 aromatic carbocycles. The summed E-state index contributed by atoms with van der Waals surface area (Å²) in [5.41, 5.74) is 1.64. The summed E-state index contributed by atoms with van der Waals surface area (Å²) in [5, 5.41) is 5.43. The van der Waals surface area contributed by atoms with Crippen LogP contribution in [0.25, 0.3) is 10.8 Å². The van der Waals surface area contributed by atoms with Crippen molar-refractivity contribution in [1.82, 2.24) is 10.2 Å². The Hall–Kier alpha value is -3.05. The van der Waals surface area contributed by atoms with Crippen molar-refractivity contribution in [1.29, 1.82) is 0 Å². The first-order chi connectivity index (χ1) is 13.6. The van der Waals surface area contributed by atoms with Gasteiger partial charge in [-0.3, -0.25) is 4.79 Å². The monoisotopic (exact) mass is 378 g/mol. The molecule has 0 heterocycles. The van der Waals surface area contributed by atoms with Gasteiger partial charge >= 0.3 is 0 Å². The lowest BCUT2D eigenvalue weighted by Crippen LogP contribution is -2.34. The average molecular weight is 378 g/mol. The molecular formula is C23H26N2O3. The van der Waals surface area contributed by atoms with Crippen LogP contribution in [0.5, 0.6) is 11.5 Å². The van der Waals surface area contributed by atoms with Crippen molar-refractivity contribution >= 4 is 16.7 Å². The molecule has 5 nitrogen and oxygen atoms in total. The van der Waals surface area contributed by atoms with Gasteiger partial charge in [-0.25, -0.2) is 0 Å². The van der Waals surface area contributed by atoms with Gasteiger partial charge in [-0.05, 0) is 42.6 Å². The van der Waals surface area contributed by atoms with E-state index in [1.54, 1.807) is 25.3 Å². The second kappa shape index (κ2) is 8.76. The summed E-state index contributed by atoms with van der Waals surface area (Å²) >= 11 is 0. The highest BCUT2D eigenvalue weighted by Crippen LogP contribution is 2.31. The number of para-hydroxylation sites is 1. The molecule has 1 N–H and O–H groups in total. The zero-order valence-electron chi connectivity index (χ0n) is 16.7. The van der Waals surface area contributed by atoms with Crippen LogP contribution >= 0.6 is 0 Å². The summed E-state index contributed by atoms with van der Waals surface area (Å²) in [6.45, 7) is 0.472. The maximum Gasteiger partial charge on any atom is 0.255 e. The molecule has 0 spiro atoms. The van der Waals surface area contributed by atoms with E-state index in [-0.39, 0.29) is 11.9 Å². The molecule has 1 amide bonds. The predicted octanol–water partition coefficient (Wildman–Crippen LogP) is 3.89. The van der Waals surface area contributed by atoms with Crippen LogP contribution in [-0.4, -0.2) is 45.7 Å². The highest BCUT2D eigenvalue weighted by molar-refractivity contribution is 5.98. The Morgan fingerprint density at radius 3 is 2.39 bits per heavy atom. The molecule has 0 bridgehead atoms. The normalized spacial score (nSPS) is 12.0. The quantitative estimate of drug-likeness (QED) is 0.678. The molecule has 5 heteroatoms. The van der Waals surface area contributed by atoms with Gasteiger partial charge in [0.15, 0.2) is 11.5 Å². The molecule has 0 aromatic heterocycles. The predicted molar refractivity (Wildman–Crippen MR) is 112 cm³/mol. The van der Waals surface area contributed by atoms with Crippen molar-refractivity contribution in [3.05, 3.63) is 71.8 Å². The maximum absolute atomic E-state index is 12.8. The fraction of sp³-hybridized carbons (Fsp3) is 0.261. The Balaban J connectivity index is 1.86. The van der Waals surface area contributed by atoms with Gasteiger partial charge in [-0.1, -0.05) is 48.5 Å². The molecule has 0 aliphatic heterocycles. The number of carbonyl (C=O) groups is 1. The minimum atomic E-state index is -0.192. The van der Waals surface area contributed by atoms with Gasteiger partial charge in [0.25, 0.3) is 5.91 Å². The van der Waals surface area contributed by atoms with Gasteiger partial charge in [-0.15, -0.1) is 0 Å². The molecule has 0 saturated heterocycles. The third-order valence-corrected chi connectivity index (χ3v) is 4.91. The molecule has 3 aromatic rings. The van der Waals surface area contributed by atoms with Crippen LogP contribution in [0.1, 0.15) is 22.0 Å². The van der Waals surface area contributed by atoms with Crippen LogP contribution in [0.4, 0.5) is 0 Å². The number of hydrogen-bond donors (Lipinski definition) is 1. The van der Waals surface area contributed by atoms with Gasteiger partial charge in [0.2, 0.25) is 0 Å². The molecule has 0 saturated carbocycles. The van der Waals surface area contributed by atoms with E-state index in [1.807, 2.05) is 26.2 Å². The minimum Gasteiger partial charge on any atom is -0.493 e. The van der Waals surface area contributed by atoms with Gasteiger partial charge < -0.3 is 19.7 Å². The Morgan fingerprint density at radius 1 is 0.964 bits per heavy atom. The number of likely N-dealkylation sites (N-methyl/N-ethyl adjacent to an activating group) is 1. The second-order valence-corrected chi connectivity index (χ2v) is 6.80. The van der Waals surface area contributed by atoms with Crippen LogP contribution in [0.3, 0.4) is 0 Å². The molecule has 1 atom stereocenters. The molecule has 0 unspecified atom stereocenters. The van der Waals surface area contributed by atoms with Crippen molar-refractivity contribution in [2.75, 3.05) is 34.9 Å². The van der Waals surface area contributed by atoms with Crippen molar-refractivity contribution in [2.24, 2.45) is 0 Å². The molecule has 0 radical (unpaired) electrons. The van der Waals surface area contributed by atoms with Crippen molar-refractivity contribution in [3.63, 3.8) is 0 Å². The van der Waals surface area contributed by atoms with Crippen LogP contribution in [0.2, 0.25) is 0 Å². The molecule has 0 fully saturated rings. The zero-order valence-corrected chi connectivity index (χ0v) is 16.7. The standard InChI is InChI=1S/C23H26N2O3/c1-25(2)20(18-12-7-10-16-9-5-6-11-17(16)18)15-24-23(26)19-13-8-14-21(27-3)22(19)28-4/h5-14,20H,15H2,1-4H3,(H,24,26)/t20-/m1/s1. The summed E-state index contributed by atoms with van der Waals surface area (Å²) in [6, 6.07) is 19.9. The first-order valence-electron chi connectivity index (χ1n) is 9.20. The summed E-state index contributed by atoms with van der Waals surface area (Å²) < 4.78 is 10.7. The average Bonchev–Trinajstić information content (AvgIpc) is 2.72. The Morgan fingerprint density at radius 2 is 1.68 bits per heavy atom. The van der Waals surface area contributed by atoms with Gasteiger partial charge in [0.05, 0.1) is 25.8 Å². The minimum absolute atomic E-state index is 0.0339. The number of carbonyl (C=O) groups excluding carboxylic acids is 1. The van der Waals surface area contributed by atoms with Crippen molar-refractivity contribution in [3.8, 4) is 11.5 Å². The SMILES string of the molecule is COc1cccc(C(=O)NC[C@H](c2cccc3ccccc23)N(C)C)c1OC. The Bertz CT molecular complexity index is 964. The second-order valence-electron chi connectivity index (χ2n) is 6.80. The number of methoxy groups -OCH3 is 2. The topological polar surface area (TPSA) is 50.8 Å². The van der Waals surface area contributed by atoms with Crippen LogP contribution in [-0.2, 0) is 0 Å². The number of fused-ring (bicyclic) bond motifs is 1. The largest absolute Gasteiger partial charge is 0.493 e. The molecule has 146 valence electrons. The van der Waals surface area contributed by atoms with Crippen molar-refractivity contribution < 1.29 is 14.3 Å². The third kappa shape index (κ3) is 3.94. The van der Waals surface area contributed by atoms with Crippen LogP contribution < -0.4 is 14.8 Å². The van der Waals surface area contributed by atoms with E-state index in [4.69, 9.17) is 9.47 Å². The lowest BCUT2D eigenvalue weighted by molar-refractivity contribution is 0.0938. The van der Waals surface area contributed by atoms with E-state index in [1.165, 1.54) is 23.4 Å². The smallest absolute Gasteiger partial charge is 0.255 e. The number of nitrogens with one attached hydrogen (secondary N) is 1. The number of nitrogens with zero attached hydrogens (tertiary/aromatic N) is 1. The number of ether oxygens (including phenoxy) is 2. The fourth-order valence-corrected chi connectivity index (χ4v) is 3.46. The summed E-state index contributed by atoms with van der Waals surface area (Å²) in [6.07, 6.45) is 0. The van der Waals surface area contributed by atoms with Gasteiger partial charge in [-0.2, -0.15) is 0 Å². The number of hydrogen-bond acceptors (Lipinski definition) is 4. The summed E-state index contributed by atoms with van der Waals surface area (Å²) in [4.78, 5) is 15.0. The zero-order chi connectivity index (χ0) is 20.1. The van der Waals surface area contributed by atoms with E-state index >= 15 is 0 Å². The summed E-state index contributed by atoms with van der Waals surface area (Å²) in [7, 11) is 7.13. The lowest BCUT2D eigenvalue weighted by atomic mass is 9.98. The highest BCUT2D eigenvalue weighted by Gasteiger charge is 2.20. The summed E-state index contributed by atoms with van der Waals surface area (Å²) in [5.74, 6) is 0.783. The fourth-order valence-electron chi connectivity index (χ4n) is 3.46. The number of rotatable bonds is 7. The van der Waals surface area contributed by atoms with E-state index in [0.717, 1.165) is 0 Å². The molecule has 3 rings (SSSR count). The van der Waals surface area contributed by atoms with E-state index in [0.29, 0.717) is 23.6 Å². The Labute approximate surface area is 165 Å². The van der Waals surface area contributed by atoms with E-state index in [9.17, 15) is 4.79 Å². The number of benzene rings is 3. The van der Waals surface area contributed by atoms with Crippen LogP contribution in [0, 0.1) is 0 Å². The number of amides is 1. The van der Waals surface area contributed by atoms with Gasteiger partial charge in [0, 0.05) is 6.54 Å². The van der Waals surface area contributed by atoms with E-state index < -0.39 is 0 Å². The van der Waals surface area contributed by atoms with Crippen molar-refractivity contribution in [2.45, 2.75) is 6.04 Å². The molecular weight excluding hydrogens is 352 g/mol. The first kappa shape index (κ1) is 19.7. The molecule has 28 heavy (non-hydrogen) atoms. The Kier molecular flexibility index (Phi) is 6.16. The maximum atomic E-state index is 12.8. The molecule has 0 aliphatic carbocycles. The third-order valence-electron chi connectivity index (χ3n) is 4.91. The van der Waals surface area contributed by atoms with E-state index in [2.05, 4.69) is 40.5 Å². The first-order valence-corrected chi connectivity index (χ1v) is 9.20. The van der Waals surface area contributed by atoms with Crippen LogP contribution in [0.15, 0.2) is 60.7 Å².